The van der Waals surface area contributed by atoms with Gasteiger partial charge in [0.25, 0.3) is 0 Å². The minimum absolute atomic E-state index is 0.295. The van der Waals surface area contributed by atoms with E-state index in [1.807, 2.05) is 18.4 Å². The number of hydrogen-bond acceptors (Lipinski definition) is 6. The number of nitrogens with zero attached hydrogens (tertiary/aromatic N) is 5. The van der Waals surface area contributed by atoms with Gasteiger partial charge >= 0.3 is 0 Å². The van der Waals surface area contributed by atoms with Crippen LogP contribution in [-0.4, -0.2) is 64.8 Å². The van der Waals surface area contributed by atoms with Crippen LogP contribution in [0.3, 0.4) is 0 Å². The fraction of sp³-hybridized carbons (Fsp3) is 0.529. The van der Waals surface area contributed by atoms with Crippen molar-refractivity contribution in [1.82, 2.24) is 23.6 Å². The van der Waals surface area contributed by atoms with E-state index >= 15 is 0 Å². The quantitative estimate of drug-likeness (QED) is 0.647. The fourth-order valence-corrected chi connectivity index (χ4v) is 4.71. The van der Waals surface area contributed by atoms with Crippen molar-refractivity contribution in [2.75, 3.05) is 32.8 Å². The number of piperazine rings is 1. The maximum Gasteiger partial charge on any atom is 0.243 e. The Kier molecular flexibility index (Phi) is 6.30. The van der Waals surface area contributed by atoms with Gasteiger partial charge in [-0.15, -0.1) is 0 Å². The highest BCUT2D eigenvalue weighted by Gasteiger charge is 2.28. The first-order chi connectivity index (χ1) is 13.0. The summed E-state index contributed by atoms with van der Waals surface area (Å²) in [4.78, 5) is 2.45. The summed E-state index contributed by atoms with van der Waals surface area (Å²) < 4.78 is 37.0. The first-order valence-corrected chi connectivity index (χ1v) is 10.9. The molecule has 2 heterocycles. The smallest absolute Gasteiger partial charge is 0.243 e. The number of aromatic nitrogens is 3. The summed E-state index contributed by atoms with van der Waals surface area (Å²) in [6.07, 6.45) is 1.73. The van der Waals surface area contributed by atoms with E-state index < -0.39 is 10.0 Å². The van der Waals surface area contributed by atoms with Gasteiger partial charge < -0.3 is 9.30 Å². The molecule has 0 amide bonds. The fourth-order valence-electron chi connectivity index (χ4n) is 3.01. The summed E-state index contributed by atoms with van der Waals surface area (Å²) in [5.74, 6) is 0.671. The monoisotopic (exact) mass is 411 g/mol. The summed E-state index contributed by atoms with van der Waals surface area (Å²) in [6, 6.07) is 6.59. The van der Waals surface area contributed by atoms with Gasteiger partial charge in [0.2, 0.25) is 10.0 Å². The van der Waals surface area contributed by atoms with Crippen molar-refractivity contribution in [2.45, 2.75) is 32.0 Å². The lowest BCUT2D eigenvalue weighted by Gasteiger charge is -2.33. The number of benzene rings is 1. The van der Waals surface area contributed by atoms with Crippen molar-refractivity contribution >= 4 is 22.2 Å². The van der Waals surface area contributed by atoms with E-state index in [1.54, 1.807) is 35.3 Å². The van der Waals surface area contributed by atoms with Crippen LogP contribution in [0.1, 0.15) is 13.8 Å². The standard InChI is InChI=1S/C17H25N5O3S2/c1-3-20-13-18-22(17(20)26)14-19-9-11-21(12-10-19)27(23,24)16-7-5-15(6-8-16)25-4-2/h5-8,13H,3-4,9-12,14H2,1-2H3. The Morgan fingerprint density at radius 1 is 1.11 bits per heavy atom. The number of ether oxygens (including phenoxy) is 1. The van der Waals surface area contributed by atoms with E-state index in [1.165, 1.54) is 4.31 Å². The maximum atomic E-state index is 12.8. The first kappa shape index (κ1) is 20.0. The lowest BCUT2D eigenvalue weighted by atomic mass is 10.3. The zero-order chi connectivity index (χ0) is 19.4. The van der Waals surface area contributed by atoms with E-state index in [2.05, 4.69) is 10.00 Å². The molecular formula is C17H25N5O3S2. The molecule has 1 saturated heterocycles. The third-order valence-corrected chi connectivity index (χ3v) is 6.93. The molecule has 0 spiro atoms. The summed E-state index contributed by atoms with van der Waals surface area (Å²) in [6.45, 7) is 7.98. The van der Waals surface area contributed by atoms with E-state index in [0.29, 0.717) is 54.9 Å². The molecule has 8 nitrogen and oxygen atoms in total. The Hall–Kier alpha value is -1.75. The minimum Gasteiger partial charge on any atom is -0.494 e. The van der Waals surface area contributed by atoms with Crippen LogP contribution in [0.4, 0.5) is 0 Å². The Morgan fingerprint density at radius 3 is 2.33 bits per heavy atom. The van der Waals surface area contributed by atoms with Crippen molar-refractivity contribution in [3.05, 3.63) is 35.4 Å². The third kappa shape index (κ3) is 4.40. The van der Waals surface area contributed by atoms with Gasteiger partial charge in [0.1, 0.15) is 12.1 Å². The van der Waals surface area contributed by atoms with Crippen LogP contribution < -0.4 is 4.74 Å². The van der Waals surface area contributed by atoms with Gasteiger partial charge in [0, 0.05) is 32.7 Å². The van der Waals surface area contributed by atoms with Gasteiger partial charge in [0.15, 0.2) is 4.77 Å². The van der Waals surface area contributed by atoms with Crippen molar-refractivity contribution in [1.29, 1.82) is 0 Å². The van der Waals surface area contributed by atoms with Crippen LogP contribution >= 0.6 is 12.2 Å². The number of rotatable bonds is 7. The number of aryl methyl sites for hydroxylation is 1. The Bertz CT molecular complexity index is 913. The highest BCUT2D eigenvalue weighted by molar-refractivity contribution is 7.89. The van der Waals surface area contributed by atoms with Gasteiger partial charge in [-0.1, -0.05) is 0 Å². The molecule has 1 fully saturated rings. The van der Waals surface area contributed by atoms with Crippen LogP contribution in [-0.2, 0) is 23.2 Å². The number of sulfonamides is 1. The van der Waals surface area contributed by atoms with Crippen LogP contribution in [0.15, 0.2) is 35.5 Å². The second-order valence-corrected chi connectivity index (χ2v) is 8.57. The lowest BCUT2D eigenvalue weighted by Crippen LogP contribution is -2.48. The Morgan fingerprint density at radius 2 is 1.78 bits per heavy atom. The molecule has 148 valence electrons. The van der Waals surface area contributed by atoms with Crippen molar-refractivity contribution in [2.24, 2.45) is 0 Å². The molecule has 1 aliphatic rings. The van der Waals surface area contributed by atoms with E-state index in [9.17, 15) is 8.42 Å². The predicted molar refractivity (Wildman–Crippen MR) is 105 cm³/mol. The molecule has 0 saturated carbocycles. The molecule has 2 aromatic rings. The summed E-state index contributed by atoms with van der Waals surface area (Å²) in [7, 11) is -3.49. The zero-order valence-corrected chi connectivity index (χ0v) is 17.2. The van der Waals surface area contributed by atoms with E-state index in [4.69, 9.17) is 17.0 Å². The van der Waals surface area contributed by atoms with Gasteiger partial charge in [0.05, 0.1) is 18.2 Å². The molecule has 3 rings (SSSR count). The summed E-state index contributed by atoms with van der Waals surface area (Å²) in [5.41, 5.74) is 0. The largest absolute Gasteiger partial charge is 0.494 e. The van der Waals surface area contributed by atoms with Crippen LogP contribution in [0, 0.1) is 4.77 Å². The average Bonchev–Trinajstić information content (AvgIpc) is 3.02. The second kappa shape index (κ2) is 8.51. The third-order valence-electron chi connectivity index (χ3n) is 4.58. The molecule has 0 unspecified atom stereocenters. The second-order valence-electron chi connectivity index (χ2n) is 6.27. The molecular weight excluding hydrogens is 386 g/mol. The SMILES string of the molecule is CCOc1ccc(S(=O)(=O)N2CCN(Cn3ncn(CC)c3=S)CC2)cc1. The highest BCUT2D eigenvalue weighted by atomic mass is 32.2. The van der Waals surface area contributed by atoms with Crippen molar-refractivity contribution < 1.29 is 13.2 Å². The van der Waals surface area contributed by atoms with Gasteiger partial charge in [-0.3, -0.25) is 4.90 Å². The molecule has 1 aromatic heterocycles. The normalized spacial score (nSPS) is 16.5. The van der Waals surface area contributed by atoms with Gasteiger partial charge in [-0.25, -0.2) is 13.1 Å². The zero-order valence-electron chi connectivity index (χ0n) is 15.6. The predicted octanol–water partition coefficient (Wildman–Crippen LogP) is 1.80. The van der Waals surface area contributed by atoms with Crippen LogP contribution in [0.5, 0.6) is 5.75 Å². The lowest BCUT2D eigenvalue weighted by molar-refractivity contribution is 0.144. The maximum absolute atomic E-state index is 12.8. The summed E-state index contributed by atoms with van der Waals surface area (Å²) in [5, 5.41) is 4.31. The van der Waals surface area contributed by atoms with E-state index in [-0.39, 0.29) is 0 Å². The molecule has 0 radical (unpaired) electrons. The molecule has 10 heteroatoms. The van der Waals surface area contributed by atoms with E-state index in [0.717, 1.165) is 6.54 Å². The molecule has 27 heavy (non-hydrogen) atoms. The van der Waals surface area contributed by atoms with Gasteiger partial charge in [-0.2, -0.15) is 9.40 Å². The summed E-state index contributed by atoms with van der Waals surface area (Å²) >= 11 is 5.39. The topological polar surface area (TPSA) is 72.6 Å². The molecule has 0 N–H and O–H groups in total. The molecule has 0 atom stereocenters. The highest BCUT2D eigenvalue weighted by Crippen LogP contribution is 2.21. The Labute approximate surface area is 165 Å². The average molecular weight is 412 g/mol. The molecule has 1 aromatic carbocycles. The minimum atomic E-state index is -3.49. The molecule has 1 aliphatic heterocycles. The van der Waals surface area contributed by atoms with Crippen molar-refractivity contribution in [3.8, 4) is 5.75 Å². The molecule has 0 aliphatic carbocycles. The van der Waals surface area contributed by atoms with Crippen LogP contribution in [0.2, 0.25) is 0 Å². The first-order valence-electron chi connectivity index (χ1n) is 9.03. The van der Waals surface area contributed by atoms with Crippen LogP contribution in [0.25, 0.3) is 0 Å². The van der Waals surface area contributed by atoms with Gasteiger partial charge in [-0.05, 0) is 50.3 Å². The number of hydrogen-bond donors (Lipinski definition) is 0. The molecule has 0 bridgehead atoms. The Balaban J connectivity index is 1.62. The van der Waals surface area contributed by atoms with Crippen molar-refractivity contribution in [3.63, 3.8) is 0 Å².